The van der Waals surface area contributed by atoms with E-state index in [4.69, 9.17) is 5.73 Å². The Morgan fingerprint density at radius 3 is 2.71 bits per heavy atom. The van der Waals surface area contributed by atoms with E-state index in [2.05, 4.69) is 15.0 Å². The first-order valence-electron chi connectivity index (χ1n) is 5.31. The minimum atomic E-state index is -0.498. The molecule has 0 aliphatic carbocycles. The number of rotatable bonds is 2. The van der Waals surface area contributed by atoms with Crippen LogP contribution < -0.4 is 5.73 Å². The van der Waals surface area contributed by atoms with Crippen LogP contribution in [0.1, 0.15) is 25.3 Å². The molecule has 0 bridgehead atoms. The Balaban J connectivity index is 2.52. The van der Waals surface area contributed by atoms with Gasteiger partial charge in [-0.1, -0.05) is 13.8 Å². The van der Waals surface area contributed by atoms with Gasteiger partial charge in [0.1, 0.15) is 5.69 Å². The summed E-state index contributed by atoms with van der Waals surface area (Å²) in [5, 5.41) is 0. The van der Waals surface area contributed by atoms with Gasteiger partial charge in [-0.3, -0.25) is 4.98 Å². The second-order valence-corrected chi connectivity index (χ2v) is 4.09. The average Bonchev–Trinajstić information content (AvgIpc) is 2.32. The summed E-state index contributed by atoms with van der Waals surface area (Å²) in [5.74, 6) is -0.122. The third-order valence-electron chi connectivity index (χ3n) is 2.46. The van der Waals surface area contributed by atoms with Crippen LogP contribution in [0.2, 0.25) is 0 Å². The zero-order valence-electron chi connectivity index (χ0n) is 9.68. The molecular weight excluding hydrogens is 219 g/mol. The van der Waals surface area contributed by atoms with Gasteiger partial charge < -0.3 is 5.73 Å². The zero-order chi connectivity index (χ0) is 12.4. The molecule has 2 heterocycles. The summed E-state index contributed by atoms with van der Waals surface area (Å²) in [7, 11) is 0. The third-order valence-corrected chi connectivity index (χ3v) is 2.46. The number of nitrogen functional groups attached to an aromatic ring is 1. The topological polar surface area (TPSA) is 64.7 Å². The molecule has 88 valence electrons. The molecule has 0 saturated carbocycles. The maximum Gasteiger partial charge on any atom is 0.220 e. The molecule has 0 spiro atoms. The molecule has 2 rings (SSSR count). The van der Waals surface area contributed by atoms with Crippen LogP contribution in [0.25, 0.3) is 11.3 Å². The van der Waals surface area contributed by atoms with E-state index < -0.39 is 5.82 Å². The van der Waals surface area contributed by atoms with Crippen molar-refractivity contribution in [2.24, 2.45) is 0 Å². The van der Waals surface area contributed by atoms with Crippen molar-refractivity contribution < 1.29 is 4.39 Å². The highest BCUT2D eigenvalue weighted by atomic mass is 19.1. The van der Waals surface area contributed by atoms with Crippen LogP contribution in [-0.4, -0.2) is 15.0 Å². The van der Waals surface area contributed by atoms with E-state index in [0.717, 1.165) is 11.8 Å². The van der Waals surface area contributed by atoms with Crippen LogP contribution in [0.5, 0.6) is 0 Å². The average molecular weight is 232 g/mol. The van der Waals surface area contributed by atoms with E-state index in [1.54, 1.807) is 12.4 Å². The molecular formula is C12H13FN4. The summed E-state index contributed by atoms with van der Waals surface area (Å²) in [6.45, 7) is 4.09. The van der Waals surface area contributed by atoms with Crippen molar-refractivity contribution in [1.29, 1.82) is 0 Å². The number of nitrogens with two attached hydrogens (primary N) is 1. The van der Waals surface area contributed by atoms with E-state index in [0.29, 0.717) is 11.5 Å². The lowest BCUT2D eigenvalue weighted by molar-refractivity contribution is 0.619. The van der Waals surface area contributed by atoms with Gasteiger partial charge in [-0.05, 0) is 17.5 Å². The summed E-state index contributed by atoms with van der Waals surface area (Å²) in [6.07, 6.45) is 4.40. The summed E-state index contributed by atoms with van der Waals surface area (Å²) in [6, 6.07) is 1.86. The van der Waals surface area contributed by atoms with E-state index in [9.17, 15) is 4.39 Å². The Morgan fingerprint density at radius 2 is 2.00 bits per heavy atom. The summed E-state index contributed by atoms with van der Waals surface area (Å²) in [5.41, 5.74) is 7.28. The van der Waals surface area contributed by atoms with Crippen LogP contribution in [0.3, 0.4) is 0 Å². The Bertz CT molecular complexity index is 540. The standard InChI is InChI=1S/C12H13FN4/c1-7(2)8-3-9(5-15-4-8)11-10(13)6-16-12(14)17-11/h3-7H,1-2H3,(H2,14,16,17). The van der Waals surface area contributed by atoms with E-state index >= 15 is 0 Å². The molecule has 17 heavy (non-hydrogen) atoms. The maximum absolute atomic E-state index is 13.6. The fourth-order valence-corrected chi connectivity index (χ4v) is 1.49. The second kappa shape index (κ2) is 4.45. The molecule has 0 unspecified atom stereocenters. The van der Waals surface area contributed by atoms with E-state index in [1.807, 2.05) is 19.9 Å². The van der Waals surface area contributed by atoms with Crippen molar-refractivity contribution in [3.63, 3.8) is 0 Å². The highest BCUT2D eigenvalue weighted by Gasteiger charge is 2.10. The number of aromatic nitrogens is 3. The van der Waals surface area contributed by atoms with Crippen molar-refractivity contribution in [2.45, 2.75) is 19.8 Å². The normalized spacial score (nSPS) is 10.8. The first-order valence-corrected chi connectivity index (χ1v) is 5.31. The minimum absolute atomic E-state index is 0.0522. The molecule has 0 amide bonds. The molecule has 0 aliphatic heterocycles. The zero-order valence-corrected chi connectivity index (χ0v) is 9.68. The lowest BCUT2D eigenvalue weighted by Gasteiger charge is -2.07. The predicted octanol–water partition coefficient (Wildman–Crippen LogP) is 2.38. The van der Waals surface area contributed by atoms with Gasteiger partial charge in [0.25, 0.3) is 0 Å². The van der Waals surface area contributed by atoms with Gasteiger partial charge in [0.2, 0.25) is 5.95 Å². The van der Waals surface area contributed by atoms with Gasteiger partial charge in [-0.15, -0.1) is 0 Å². The Labute approximate surface area is 98.7 Å². The van der Waals surface area contributed by atoms with Gasteiger partial charge in [-0.25, -0.2) is 14.4 Å². The van der Waals surface area contributed by atoms with Gasteiger partial charge in [0.05, 0.1) is 6.20 Å². The number of pyridine rings is 1. The molecule has 0 fully saturated rings. The van der Waals surface area contributed by atoms with Gasteiger partial charge in [0.15, 0.2) is 5.82 Å². The molecule has 4 nitrogen and oxygen atoms in total. The molecule has 0 saturated heterocycles. The van der Waals surface area contributed by atoms with Crippen LogP contribution in [0.15, 0.2) is 24.7 Å². The molecule has 5 heteroatoms. The third kappa shape index (κ3) is 2.38. The quantitative estimate of drug-likeness (QED) is 0.863. The second-order valence-electron chi connectivity index (χ2n) is 4.09. The number of nitrogens with zero attached hydrogens (tertiary/aromatic N) is 3. The molecule has 2 aromatic rings. The first kappa shape index (κ1) is 11.4. The minimum Gasteiger partial charge on any atom is -0.368 e. The summed E-state index contributed by atoms with van der Waals surface area (Å²) in [4.78, 5) is 11.6. The predicted molar refractivity (Wildman–Crippen MR) is 63.7 cm³/mol. The summed E-state index contributed by atoms with van der Waals surface area (Å²) < 4.78 is 13.6. The molecule has 0 radical (unpaired) electrons. The van der Waals surface area contributed by atoms with Crippen molar-refractivity contribution >= 4 is 5.95 Å². The fourth-order valence-electron chi connectivity index (χ4n) is 1.49. The van der Waals surface area contributed by atoms with Gasteiger partial charge in [0, 0.05) is 18.0 Å². The Hall–Kier alpha value is -2.04. The van der Waals surface area contributed by atoms with Crippen molar-refractivity contribution in [3.8, 4) is 11.3 Å². The number of hydrogen-bond acceptors (Lipinski definition) is 4. The highest BCUT2D eigenvalue weighted by Crippen LogP contribution is 2.23. The number of halogens is 1. The largest absolute Gasteiger partial charge is 0.368 e. The molecule has 0 aliphatic rings. The molecule has 2 N–H and O–H groups in total. The molecule has 0 atom stereocenters. The van der Waals surface area contributed by atoms with E-state index in [-0.39, 0.29) is 11.6 Å². The van der Waals surface area contributed by atoms with Crippen LogP contribution in [0, 0.1) is 5.82 Å². The lowest BCUT2D eigenvalue weighted by Crippen LogP contribution is -2.00. The van der Waals surface area contributed by atoms with Crippen molar-refractivity contribution in [2.75, 3.05) is 5.73 Å². The van der Waals surface area contributed by atoms with Crippen molar-refractivity contribution in [3.05, 3.63) is 36.0 Å². The fraction of sp³-hybridized carbons (Fsp3) is 0.250. The first-order chi connectivity index (χ1) is 8.08. The smallest absolute Gasteiger partial charge is 0.220 e. The van der Waals surface area contributed by atoms with Crippen molar-refractivity contribution in [1.82, 2.24) is 15.0 Å². The lowest BCUT2D eigenvalue weighted by atomic mass is 10.0. The van der Waals surface area contributed by atoms with Crippen LogP contribution >= 0.6 is 0 Å². The SMILES string of the molecule is CC(C)c1cncc(-c2nc(N)ncc2F)c1. The molecule has 2 aromatic heterocycles. The maximum atomic E-state index is 13.6. The van der Waals surface area contributed by atoms with E-state index in [1.165, 1.54) is 0 Å². The Morgan fingerprint density at radius 1 is 1.24 bits per heavy atom. The van der Waals surface area contributed by atoms with Gasteiger partial charge >= 0.3 is 0 Å². The van der Waals surface area contributed by atoms with Gasteiger partial charge in [-0.2, -0.15) is 0 Å². The summed E-state index contributed by atoms with van der Waals surface area (Å²) >= 11 is 0. The van der Waals surface area contributed by atoms with Crippen LogP contribution in [-0.2, 0) is 0 Å². The van der Waals surface area contributed by atoms with Crippen LogP contribution in [0.4, 0.5) is 10.3 Å². The monoisotopic (exact) mass is 232 g/mol. The number of hydrogen-bond donors (Lipinski definition) is 1. The Kier molecular flexibility index (Phi) is 2.99. The highest BCUT2D eigenvalue weighted by molar-refractivity contribution is 5.60. The number of anilines is 1. The molecule has 0 aromatic carbocycles.